The molecule has 1 aromatic carbocycles. The van der Waals surface area contributed by atoms with Gasteiger partial charge in [-0.05, 0) is 36.8 Å². The summed E-state index contributed by atoms with van der Waals surface area (Å²) in [5.41, 5.74) is 4.38. The van der Waals surface area contributed by atoms with Crippen LogP contribution < -0.4 is 21.3 Å². The van der Waals surface area contributed by atoms with E-state index in [-0.39, 0.29) is 0 Å². The molecule has 0 radical (unpaired) electrons. The van der Waals surface area contributed by atoms with Crippen molar-refractivity contribution in [3.63, 3.8) is 0 Å². The second-order valence-corrected chi connectivity index (χ2v) is 3.72. The van der Waals surface area contributed by atoms with Crippen LogP contribution in [0.25, 0.3) is 0 Å². The average Bonchev–Trinajstić information content (AvgIpc) is 2.39. The summed E-state index contributed by atoms with van der Waals surface area (Å²) in [6.45, 7) is 1.98. The van der Waals surface area contributed by atoms with Gasteiger partial charge in [-0.15, -0.1) is 0 Å². The molecule has 1 aromatic heterocycles. The molecule has 0 bridgehead atoms. The summed E-state index contributed by atoms with van der Waals surface area (Å²) >= 11 is 0. The minimum Gasteiger partial charge on any atom is -0.496 e. The van der Waals surface area contributed by atoms with Crippen molar-refractivity contribution in [2.24, 2.45) is 5.84 Å². The Hall–Kier alpha value is -2.34. The Bertz CT molecular complexity index is 544. The molecule has 0 aliphatic rings. The molecular formula is C12H15N5O. The highest BCUT2D eigenvalue weighted by molar-refractivity contribution is 5.59. The molecule has 0 saturated heterocycles. The number of nitrogens with two attached hydrogens (primary N) is 1. The highest BCUT2D eigenvalue weighted by atomic mass is 16.5. The third-order valence-electron chi connectivity index (χ3n) is 2.45. The fraction of sp³-hybridized carbons (Fsp3) is 0.167. The van der Waals surface area contributed by atoms with Gasteiger partial charge >= 0.3 is 0 Å². The Kier molecular flexibility index (Phi) is 3.59. The molecule has 0 fully saturated rings. The van der Waals surface area contributed by atoms with Crippen molar-refractivity contribution in [1.29, 1.82) is 0 Å². The van der Waals surface area contributed by atoms with Gasteiger partial charge in [-0.2, -0.15) is 4.98 Å². The second kappa shape index (κ2) is 5.33. The van der Waals surface area contributed by atoms with Crippen LogP contribution in [0.1, 0.15) is 5.56 Å². The molecule has 0 aliphatic carbocycles. The SMILES string of the molecule is COc1ccc(Nc2ccnc(NN)n2)cc1C. The van der Waals surface area contributed by atoms with E-state index in [1.807, 2.05) is 25.1 Å². The molecule has 0 aliphatic heterocycles. The number of nitrogens with one attached hydrogen (secondary N) is 2. The van der Waals surface area contributed by atoms with Gasteiger partial charge in [0.2, 0.25) is 5.95 Å². The second-order valence-electron chi connectivity index (χ2n) is 3.72. The minimum absolute atomic E-state index is 0.366. The summed E-state index contributed by atoms with van der Waals surface area (Å²) in [6.07, 6.45) is 1.63. The highest BCUT2D eigenvalue weighted by Crippen LogP contribution is 2.23. The number of methoxy groups -OCH3 is 1. The monoisotopic (exact) mass is 245 g/mol. The van der Waals surface area contributed by atoms with E-state index in [2.05, 4.69) is 20.7 Å². The Balaban J connectivity index is 2.20. The van der Waals surface area contributed by atoms with Crippen LogP contribution >= 0.6 is 0 Å². The molecule has 4 N–H and O–H groups in total. The number of rotatable bonds is 4. The zero-order chi connectivity index (χ0) is 13.0. The molecule has 94 valence electrons. The summed E-state index contributed by atoms with van der Waals surface area (Å²) in [7, 11) is 1.65. The summed E-state index contributed by atoms with van der Waals surface area (Å²) in [4.78, 5) is 8.11. The molecule has 1 heterocycles. The predicted molar refractivity (Wildman–Crippen MR) is 70.9 cm³/mol. The Morgan fingerprint density at radius 1 is 1.28 bits per heavy atom. The minimum atomic E-state index is 0.366. The maximum absolute atomic E-state index is 5.25. The number of ether oxygens (including phenoxy) is 1. The van der Waals surface area contributed by atoms with Crippen molar-refractivity contribution in [3.05, 3.63) is 36.0 Å². The van der Waals surface area contributed by atoms with Crippen LogP contribution in [0.4, 0.5) is 17.5 Å². The van der Waals surface area contributed by atoms with Crippen LogP contribution in [0.2, 0.25) is 0 Å². The predicted octanol–water partition coefficient (Wildman–Crippen LogP) is 1.82. The smallest absolute Gasteiger partial charge is 0.239 e. The number of hydrogen-bond donors (Lipinski definition) is 3. The van der Waals surface area contributed by atoms with E-state index in [0.717, 1.165) is 17.0 Å². The van der Waals surface area contributed by atoms with Crippen LogP contribution in [0.3, 0.4) is 0 Å². The number of nitrogen functional groups attached to an aromatic ring is 1. The number of hydrazine groups is 1. The first-order chi connectivity index (χ1) is 8.72. The van der Waals surface area contributed by atoms with Crippen LogP contribution in [-0.2, 0) is 0 Å². The number of nitrogens with zero attached hydrogens (tertiary/aromatic N) is 2. The van der Waals surface area contributed by atoms with Crippen molar-refractivity contribution < 1.29 is 4.74 Å². The van der Waals surface area contributed by atoms with Crippen molar-refractivity contribution in [2.75, 3.05) is 17.9 Å². The molecule has 18 heavy (non-hydrogen) atoms. The largest absolute Gasteiger partial charge is 0.496 e. The summed E-state index contributed by atoms with van der Waals surface area (Å²) in [6, 6.07) is 7.57. The van der Waals surface area contributed by atoms with Crippen LogP contribution in [-0.4, -0.2) is 17.1 Å². The third-order valence-corrected chi connectivity index (χ3v) is 2.45. The lowest BCUT2D eigenvalue weighted by molar-refractivity contribution is 0.412. The van der Waals surface area contributed by atoms with Gasteiger partial charge in [-0.25, -0.2) is 10.8 Å². The van der Waals surface area contributed by atoms with Gasteiger partial charge in [0.1, 0.15) is 11.6 Å². The lowest BCUT2D eigenvalue weighted by Crippen LogP contribution is -2.10. The first kappa shape index (κ1) is 12.1. The molecule has 0 saturated carbocycles. The molecule has 0 spiro atoms. The summed E-state index contributed by atoms with van der Waals surface area (Å²) in [5.74, 6) is 7.14. The third kappa shape index (κ3) is 2.67. The first-order valence-electron chi connectivity index (χ1n) is 5.44. The molecule has 0 unspecified atom stereocenters. The van der Waals surface area contributed by atoms with Crippen molar-refractivity contribution in [1.82, 2.24) is 9.97 Å². The number of hydrogen-bond acceptors (Lipinski definition) is 6. The lowest BCUT2D eigenvalue weighted by Gasteiger charge is -2.09. The van der Waals surface area contributed by atoms with E-state index in [4.69, 9.17) is 10.6 Å². The van der Waals surface area contributed by atoms with E-state index < -0.39 is 0 Å². The van der Waals surface area contributed by atoms with Gasteiger partial charge in [0.25, 0.3) is 0 Å². The van der Waals surface area contributed by atoms with Gasteiger partial charge in [0, 0.05) is 11.9 Å². The van der Waals surface area contributed by atoms with E-state index in [0.29, 0.717) is 11.8 Å². The standard InChI is InChI=1S/C12H15N5O/c1-8-7-9(3-4-10(8)18-2)15-11-5-6-14-12(16-11)17-13/h3-7H,13H2,1-2H3,(H2,14,15,16,17). The van der Waals surface area contributed by atoms with Gasteiger partial charge in [-0.3, -0.25) is 5.43 Å². The van der Waals surface area contributed by atoms with E-state index in [1.165, 1.54) is 0 Å². The highest BCUT2D eigenvalue weighted by Gasteiger charge is 2.02. The average molecular weight is 245 g/mol. The lowest BCUT2D eigenvalue weighted by atomic mass is 10.2. The quantitative estimate of drug-likeness (QED) is 0.563. The Morgan fingerprint density at radius 2 is 2.11 bits per heavy atom. The fourth-order valence-corrected chi connectivity index (χ4v) is 1.60. The van der Waals surface area contributed by atoms with Crippen molar-refractivity contribution in [3.8, 4) is 5.75 Å². The molecule has 6 heteroatoms. The number of anilines is 3. The van der Waals surface area contributed by atoms with Crippen molar-refractivity contribution in [2.45, 2.75) is 6.92 Å². The zero-order valence-corrected chi connectivity index (χ0v) is 10.3. The molecule has 2 rings (SSSR count). The molecule has 0 amide bonds. The fourth-order valence-electron chi connectivity index (χ4n) is 1.60. The van der Waals surface area contributed by atoms with E-state index in [1.54, 1.807) is 19.4 Å². The maximum Gasteiger partial charge on any atom is 0.239 e. The molecule has 0 atom stereocenters. The van der Waals surface area contributed by atoms with Crippen LogP contribution in [0.5, 0.6) is 5.75 Å². The van der Waals surface area contributed by atoms with Crippen LogP contribution in [0.15, 0.2) is 30.5 Å². The van der Waals surface area contributed by atoms with Gasteiger partial charge in [0.15, 0.2) is 0 Å². The van der Waals surface area contributed by atoms with Crippen LogP contribution in [0, 0.1) is 6.92 Å². The topological polar surface area (TPSA) is 85.1 Å². The van der Waals surface area contributed by atoms with Gasteiger partial charge < -0.3 is 10.1 Å². The zero-order valence-electron chi connectivity index (χ0n) is 10.3. The molecule has 2 aromatic rings. The number of aromatic nitrogens is 2. The first-order valence-corrected chi connectivity index (χ1v) is 5.44. The van der Waals surface area contributed by atoms with Crippen molar-refractivity contribution >= 4 is 17.5 Å². The number of aryl methyl sites for hydroxylation is 1. The van der Waals surface area contributed by atoms with E-state index in [9.17, 15) is 0 Å². The van der Waals surface area contributed by atoms with E-state index >= 15 is 0 Å². The summed E-state index contributed by atoms with van der Waals surface area (Å²) < 4.78 is 5.21. The maximum atomic E-state index is 5.25. The summed E-state index contributed by atoms with van der Waals surface area (Å²) in [5, 5.41) is 3.17. The molecule has 6 nitrogen and oxygen atoms in total. The van der Waals surface area contributed by atoms with Gasteiger partial charge in [0.05, 0.1) is 7.11 Å². The number of benzene rings is 1. The van der Waals surface area contributed by atoms with Gasteiger partial charge in [-0.1, -0.05) is 0 Å². The Morgan fingerprint density at radius 3 is 2.78 bits per heavy atom. The normalized spacial score (nSPS) is 9.94. The Labute approximate surface area is 105 Å². The molecular weight excluding hydrogens is 230 g/mol.